The zero-order valence-electron chi connectivity index (χ0n) is 8.86. The highest BCUT2D eigenvalue weighted by molar-refractivity contribution is 6.11. The molecule has 0 saturated carbocycles. The molecule has 0 radical (unpaired) electrons. The van der Waals surface area contributed by atoms with Gasteiger partial charge in [0, 0.05) is 12.6 Å². The van der Waals surface area contributed by atoms with E-state index in [9.17, 15) is 9.59 Å². The minimum Gasteiger partial charge on any atom is -0.281 e. The highest BCUT2D eigenvalue weighted by Crippen LogP contribution is 2.30. The van der Waals surface area contributed by atoms with Crippen molar-refractivity contribution in [3.63, 3.8) is 0 Å². The summed E-state index contributed by atoms with van der Waals surface area (Å²) in [5.41, 5.74) is 1.53. The molecule has 1 aromatic carbocycles. The molecular weight excluding hydrogens is 190 g/mol. The van der Waals surface area contributed by atoms with E-state index < -0.39 is 0 Å². The molecule has 0 fully saturated rings. The Bertz CT molecular complexity index is 425. The maximum Gasteiger partial charge on any atom is 0.260 e. The Labute approximate surface area is 88.7 Å². The molecule has 1 aromatic rings. The quantitative estimate of drug-likeness (QED) is 0.652. The standard InChI is InChI=1S/C12H13NO2/c1-3-8-9-6-4-5-7-10(9)12(15)13(2)11(8)14/h4-8H,3H2,1-2H3. The third-order valence-electron chi connectivity index (χ3n) is 2.91. The predicted octanol–water partition coefficient (Wildman–Crippen LogP) is 1.79. The Hall–Kier alpha value is -1.64. The van der Waals surface area contributed by atoms with Gasteiger partial charge in [0.2, 0.25) is 5.91 Å². The van der Waals surface area contributed by atoms with E-state index in [2.05, 4.69) is 0 Å². The second-order valence-corrected chi connectivity index (χ2v) is 3.75. The molecule has 0 bridgehead atoms. The summed E-state index contributed by atoms with van der Waals surface area (Å²) < 4.78 is 0. The number of likely N-dealkylation sites (N-methyl/N-ethyl adjacent to an activating group) is 1. The summed E-state index contributed by atoms with van der Waals surface area (Å²) in [4.78, 5) is 24.8. The van der Waals surface area contributed by atoms with Crippen LogP contribution in [0.25, 0.3) is 0 Å². The molecule has 0 aromatic heterocycles. The Balaban J connectivity index is 2.60. The minimum absolute atomic E-state index is 0.0961. The first-order chi connectivity index (χ1) is 7.16. The largest absolute Gasteiger partial charge is 0.281 e. The van der Waals surface area contributed by atoms with Gasteiger partial charge >= 0.3 is 0 Å². The summed E-state index contributed by atoms with van der Waals surface area (Å²) in [6.45, 7) is 1.96. The van der Waals surface area contributed by atoms with Crippen LogP contribution in [-0.4, -0.2) is 23.8 Å². The molecule has 15 heavy (non-hydrogen) atoms. The van der Waals surface area contributed by atoms with Gasteiger partial charge in [0.05, 0.1) is 5.92 Å². The lowest BCUT2D eigenvalue weighted by Gasteiger charge is -2.29. The molecule has 1 unspecified atom stereocenters. The van der Waals surface area contributed by atoms with Gasteiger partial charge < -0.3 is 0 Å². The molecule has 1 atom stereocenters. The highest BCUT2D eigenvalue weighted by Gasteiger charge is 2.34. The van der Waals surface area contributed by atoms with Gasteiger partial charge in [-0.2, -0.15) is 0 Å². The van der Waals surface area contributed by atoms with Crippen molar-refractivity contribution in [2.75, 3.05) is 7.05 Å². The van der Waals surface area contributed by atoms with Gasteiger partial charge in [-0.3, -0.25) is 14.5 Å². The molecule has 2 amide bonds. The van der Waals surface area contributed by atoms with Crippen molar-refractivity contribution in [3.05, 3.63) is 35.4 Å². The van der Waals surface area contributed by atoms with Crippen molar-refractivity contribution in [3.8, 4) is 0 Å². The van der Waals surface area contributed by atoms with Crippen molar-refractivity contribution < 1.29 is 9.59 Å². The van der Waals surface area contributed by atoms with Crippen molar-refractivity contribution in [2.45, 2.75) is 19.3 Å². The number of rotatable bonds is 1. The highest BCUT2D eigenvalue weighted by atomic mass is 16.2. The number of imide groups is 1. The third-order valence-corrected chi connectivity index (χ3v) is 2.91. The minimum atomic E-state index is -0.194. The molecular formula is C12H13NO2. The topological polar surface area (TPSA) is 37.4 Å². The predicted molar refractivity (Wildman–Crippen MR) is 56.6 cm³/mol. The van der Waals surface area contributed by atoms with Crippen LogP contribution in [0.1, 0.15) is 35.2 Å². The molecule has 1 aliphatic rings. The summed E-state index contributed by atoms with van der Waals surface area (Å²) in [6.07, 6.45) is 0.730. The monoisotopic (exact) mass is 203 g/mol. The zero-order chi connectivity index (χ0) is 11.0. The van der Waals surface area contributed by atoms with Gasteiger partial charge in [0.25, 0.3) is 5.91 Å². The maximum atomic E-state index is 11.8. The number of hydrogen-bond acceptors (Lipinski definition) is 2. The lowest BCUT2D eigenvalue weighted by atomic mass is 9.87. The number of amides is 2. The van der Waals surface area contributed by atoms with Crippen LogP contribution in [-0.2, 0) is 4.79 Å². The Morgan fingerprint density at radius 3 is 2.60 bits per heavy atom. The summed E-state index contributed by atoms with van der Waals surface area (Å²) in [5, 5.41) is 0. The van der Waals surface area contributed by atoms with Crippen LogP contribution < -0.4 is 0 Å². The lowest BCUT2D eigenvalue weighted by molar-refractivity contribution is -0.129. The van der Waals surface area contributed by atoms with Crippen LogP contribution in [0.3, 0.4) is 0 Å². The molecule has 3 heteroatoms. The number of hydrogen-bond donors (Lipinski definition) is 0. The van der Waals surface area contributed by atoms with Crippen molar-refractivity contribution in [1.82, 2.24) is 4.90 Å². The molecule has 0 N–H and O–H groups in total. The normalized spacial score (nSPS) is 20.4. The van der Waals surface area contributed by atoms with E-state index in [1.807, 2.05) is 25.1 Å². The van der Waals surface area contributed by atoms with E-state index in [-0.39, 0.29) is 17.7 Å². The third kappa shape index (κ3) is 1.35. The summed E-state index contributed by atoms with van der Waals surface area (Å²) in [5.74, 6) is -0.453. The van der Waals surface area contributed by atoms with Gasteiger partial charge in [0.15, 0.2) is 0 Å². The van der Waals surface area contributed by atoms with Gasteiger partial charge in [-0.25, -0.2) is 0 Å². The average Bonchev–Trinajstić information content (AvgIpc) is 2.27. The fourth-order valence-corrected chi connectivity index (χ4v) is 2.04. The first-order valence-electron chi connectivity index (χ1n) is 5.07. The number of carbonyl (C=O) groups is 2. The van der Waals surface area contributed by atoms with Gasteiger partial charge in [-0.05, 0) is 18.1 Å². The zero-order valence-corrected chi connectivity index (χ0v) is 8.86. The number of carbonyl (C=O) groups excluding carboxylic acids is 2. The fourth-order valence-electron chi connectivity index (χ4n) is 2.04. The van der Waals surface area contributed by atoms with Crippen LogP contribution in [0.15, 0.2) is 24.3 Å². The summed E-state index contributed by atoms with van der Waals surface area (Å²) in [6, 6.07) is 7.34. The van der Waals surface area contributed by atoms with Crippen molar-refractivity contribution >= 4 is 11.8 Å². The number of fused-ring (bicyclic) bond motifs is 1. The molecule has 0 spiro atoms. The van der Waals surface area contributed by atoms with Crippen molar-refractivity contribution in [2.24, 2.45) is 0 Å². The lowest BCUT2D eigenvalue weighted by Crippen LogP contribution is -2.41. The summed E-state index contributed by atoms with van der Waals surface area (Å²) >= 11 is 0. The first-order valence-corrected chi connectivity index (χ1v) is 5.07. The molecule has 0 aliphatic carbocycles. The van der Waals surface area contributed by atoms with Crippen LogP contribution in [0, 0.1) is 0 Å². The van der Waals surface area contributed by atoms with Crippen LogP contribution in [0.2, 0.25) is 0 Å². The molecule has 0 saturated heterocycles. The van der Waals surface area contributed by atoms with E-state index in [1.54, 1.807) is 13.1 Å². The summed E-state index contributed by atoms with van der Waals surface area (Å²) in [7, 11) is 1.54. The second kappa shape index (κ2) is 3.50. The number of benzene rings is 1. The van der Waals surface area contributed by atoms with Crippen molar-refractivity contribution in [1.29, 1.82) is 0 Å². The maximum absolute atomic E-state index is 11.8. The first kappa shape index (κ1) is 9.90. The average molecular weight is 203 g/mol. The smallest absolute Gasteiger partial charge is 0.260 e. The molecule has 78 valence electrons. The molecule has 1 heterocycles. The van der Waals surface area contributed by atoms with Gasteiger partial charge in [0.1, 0.15) is 0 Å². The number of nitrogens with zero attached hydrogens (tertiary/aromatic N) is 1. The van der Waals surface area contributed by atoms with Crippen LogP contribution in [0.4, 0.5) is 0 Å². The Morgan fingerprint density at radius 1 is 1.27 bits per heavy atom. The SMILES string of the molecule is CCC1C(=O)N(C)C(=O)c2ccccc21. The van der Waals surface area contributed by atoms with E-state index in [0.717, 1.165) is 12.0 Å². The Morgan fingerprint density at radius 2 is 1.93 bits per heavy atom. The van der Waals surface area contributed by atoms with Crippen LogP contribution >= 0.6 is 0 Å². The fraction of sp³-hybridized carbons (Fsp3) is 0.333. The van der Waals surface area contributed by atoms with E-state index >= 15 is 0 Å². The van der Waals surface area contributed by atoms with Gasteiger partial charge in [-0.15, -0.1) is 0 Å². The van der Waals surface area contributed by atoms with E-state index in [4.69, 9.17) is 0 Å². The molecule has 2 rings (SSSR count). The van der Waals surface area contributed by atoms with Gasteiger partial charge in [-0.1, -0.05) is 25.1 Å². The molecule has 1 aliphatic heterocycles. The van der Waals surface area contributed by atoms with E-state index in [0.29, 0.717) is 5.56 Å². The van der Waals surface area contributed by atoms with Crippen LogP contribution in [0.5, 0.6) is 0 Å². The Kier molecular flexibility index (Phi) is 2.31. The van der Waals surface area contributed by atoms with E-state index in [1.165, 1.54) is 4.90 Å². The molecule has 3 nitrogen and oxygen atoms in total. The second-order valence-electron chi connectivity index (χ2n) is 3.75.